The van der Waals surface area contributed by atoms with Gasteiger partial charge in [0, 0.05) is 26.2 Å². The van der Waals surface area contributed by atoms with Gasteiger partial charge in [0.2, 0.25) is 5.75 Å². The number of nitrogens with zero attached hydrogens (tertiary/aromatic N) is 3. The van der Waals surface area contributed by atoms with Gasteiger partial charge in [0.05, 0.1) is 17.0 Å². The van der Waals surface area contributed by atoms with Crippen LogP contribution in [0.1, 0.15) is 26.8 Å². The highest BCUT2D eigenvalue weighted by atomic mass is 32.1. The van der Waals surface area contributed by atoms with E-state index in [-0.39, 0.29) is 23.4 Å². The van der Waals surface area contributed by atoms with Gasteiger partial charge in [-0.1, -0.05) is 60.7 Å². The van der Waals surface area contributed by atoms with Crippen molar-refractivity contribution in [2.75, 3.05) is 26.2 Å². The summed E-state index contributed by atoms with van der Waals surface area (Å²) in [4.78, 5) is 28.6. The van der Waals surface area contributed by atoms with Crippen LogP contribution >= 0.6 is 11.3 Å². The Morgan fingerprint density at radius 1 is 0.892 bits per heavy atom. The Morgan fingerprint density at radius 3 is 2.11 bits per heavy atom. The number of nitro groups is 1. The van der Waals surface area contributed by atoms with Crippen molar-refractivity contribution in [1.82, 2.24) is 9.80 Å². The van der Waals surface area contributed by atoms with Gasteiger partial charge in [-0.05, 0) is 34.7 Å². The molecule has 0 saturated carbocycles. The van der Waals surface area contributed by atoms with Crippen molar-refractivity contribution in [3.05, 3.63) is 122 Å². The van der Waals surface area contributed by atoms with Crippen LogP contribution in [0, 0.1) is 15.9 Å². The van der Waals surface area contributed by atoms with Gasteiger partial charge in [-0.15, -0.1) is 11.3 Å². The Morgan fingerprint density at radius 2 is 1.51 bits per heavy atom. The van der Waals surface area contributed by atoms with Crippen LogP contribution < -0.4 is 4.74 Å². The third kappa shape index (κ3) is 5.37. The molecular formula is C28H24FN3O4S. The van der Waals surface area contributed by atoms with Crippen LogP contribution in [0.25, 0.3) is 0 Å². The number of thiophene rings is 1. The number of hydrogen-bond donors (Lipinski definition) is 0. The summed E-state index contributed by atoms with van der Waals surface area (Å²) >= 11 is 1.22. The molecule has 188 valence electrons. The zero-order valence-corrected chi connectivity index (χ0v) is 20.6. The minimum absolute atomic E-state index is 0.0827. The number of nitro benzene ring substituents is 1. The van der Waals surface area contributed by atoms with Gasteiger partial charge in [0.1, 0.15) is 10.7 Å². The molecule has 3 aromatic carbocycles. The molecule has 1 aliphatic rings. The van der Waals surface area contributed by atoms with E-state index in [9.17, 15) is 19.3 Å². The summed E-state index contributed by atoms with van der Waals surface area (Å²) in [6.45, 7) is 2.43. The van der Waals surface area contributed by atoms with E-state index in [0.29, 0.717) is 31.1 Å². The average molecular weight is 518 g/mol. The van der Waals surface area contributed by atoms with Crippen molar-refractivity contribution in [1.29, 1.82) is 0 Å². The van der Waals surface area contributed by atoms with Crippen LogP contribution in [0.4, 0.5) is 10.1 Å². The van der Waals surface area contributed by atoms with E-state index in [2.05, 4.69) is 29.2 Å². The van der Waals surface area contributed by atoms with E-state index in [0.717, 1.165) is 12.1 Å². The summed E-state index contributed by atoms with van der Waals surface area (Å²) in [5.41, 5.74) is 1.90. The predicted molar refractivity (Wildman–Crippen MR) is 140 cm³/mol. The number of piperazine rings is 1. The van der Waals surface area contributed by atoms with Crippen LogP contribution in [0.2, 0.25) is 0 Å². The second-order valence-corrected chi connectivity index (χ2v) is 9.55. The lowest BCUT2D eigenvalue weighted by atomic mass is 9.96. The van der Waals surface area contributed by atoms with E-state index in [1.54, 1.807) is 16.3 Å². The summed E-state index contributed by atoms with van der Waals surface area (Å²) in [5, 5.41) is 13.0. The summed E-state index contributed by atoms with van der Waals surface area (Å²) in [7, 11) is 0. The number of ether oxygens (including phenoxy) is 1. The smallest absolute Gasteiger partial charge is 0.314 e. The normalized spacial score (nSPS) is 14.1. The van der Waals surface area contributed by atoms with E-state index < -0.39 is 16.4 Å². The quantitative estimate of drug-likeness (QED) is 0.218. The van der Waals surface area contributed by atoms with Crippen molar-refractivity contribution >= 4 is 22.9 Å². The Kier molecular flexibility index (Phi) is 7.25. The predicted octanol–water partition coefficient (Wildman–Crippen LogP) is 6.14. The Hall–Kier alpha value is -4.08. The lowest BCUT2D eigenvalue weighted by molar-refractivity contribution is -0.385. The zero-order chi connectivity index (χ0) is 25.8. The maximum Gasteiger partial charge on any atom is 0.314 e. The van der Waals surface area contributed by atoms with Crippen molar-refractivity contribution in [3.63, 3.8) is 0 Å². The number of amides is 1. The number of rotatable bonds is 7. The average Bonchev–Trinajstić information content (AvgIpc) is 3.39. The molecule has 0 atom stereocenters. The lowest BCUT2D eigenvalue weighted by Crippen LogP contribution is -2.49. The van der Waals surface area contributed by atoms with Crippen LogP contribution in [0.3, 0.4) is 0 Å². The van der Waals surface area contributed by atoms with Crippen LogP contribution in [0.5, 0.6) is 11.5 Å². The second kappa shape index (κ2) is 10.9. The number of hydrogen-bond acceptors (Lipinski definition) is 6. The Bertz CT molecular complexity index is 1350. The fourth-order valence-corrected chi connectivity index (χ4v) is 5.37. The van der Waals surface area contributed by atoms with Crippen molar-refractivity contribution in [2.24, 2.45) is 0 Å². The molecule has 0 spiro atoms. The summed E-state index contributed by atoms with van der Waals surface area (Å²) in [5.74, 6) is -0.816. The van der Waals surface area contributed by atoms with Crippen LogP contribution in [0.15, 0.2) is 90.3 Å². The molecule has 9 heteroatoms. The van der Waals surface area contributed by atoms with Gasteiger partial charge in [-0.3, -0.25) is 19.8 Å². The summed E-state index contributed by atoms with van der Waals surface area (Å²) < 4.78 is 19.2. The number of carbonyl (C=O) groups excluding carboxylic acids is 1. The molecule has 0 radical (unpaired) electrons. The fourth-order valence-electron chi connectivity index (χ4n) is 4.58. The highest BCUT2D eigenvalue weighted by Gasteiger charge is 2.30. The third-order valence-electron chi connectivity index (χ3n) is 6.36. The molecule has 0 aliphatic carbocycles. The molecule has 37 heavy (non-hydrogen) atoms. The van der Waals surface area contributed by atoms with Gasteiger partial charge < -0.3 is 9.64 Å². The third-order valence-corrected chi connectivity index (χ3v) is 7.24. The molecule has 0 bridgehead atoms. The van der Waals surface area contributed by atoms with E-state index in [1.165, 1.54) is 28.5 Å². The van der Waals surface area contributed by atoms with Gasteiger partial charge in [-0.2, -0.15) is 0 Å². The first kappa shape index (κ1) is 24.6. The van der Waals surface area contributed by atoms with Crippen molar-refractivity contribution in [2.45, 2.75) is 6.04 Å². The Labute approximate surface area is 217 Å². The molecule has 1 amide bonds. The summed E-state index contributed by atoms with van der Waals surface area (Å²) in [6.07, 6.45) is 0. The van der Waals surface area contributed by atoms with Crippen LogP contribution in [-0.4, -0.2) is 46.8 Å². The Balaban J connectivity index is 1.31. The molecule has 4 aromatic rings. The number of carbonyl (C=O) groups is 1. The number of halogens is 1. The van der Waals surface area contributed by atoms with Gasteiger partial charge in [-0.25, -0.2) is 4.39 Å². The topological polar surface area (TPSA) is 75.9 Å². The molecular weight excluding hydrogens is 493 g/mol. The minimum Gasteiger partial charge on any atom is -0.448 e. The van der Waals surface area contributed by atoms with Crippen molar-refractivity contribution in [3.8, 4) is 11.5 Å². The van der Waals surface area contributed by atoms with Gasteiger partial charge >= 0.3 is 5.69 Å². The monoisotopic (exact) mass is 517 g/mol. The maximum absolute atomic E-state index is 13.5. The van der Waals surface area contributed by atoms with Crippen LogP contribution in [-0.2, 0) is 0 Å². The molecule has 1 aliphatic heterocycles. The second-order valence-electron chi connectivity index (χ2n) is 8.64. The zero-order valence-electron chi connectivity index (χ0n) is 19.8. The molecule has 7 nitrogen and oxygen atoms in total. The van der Waals surface area contributed by atoms with Crippen molar-refractivity contribution < 1.29 is 18.8 Å². The highest BCUT2D eigenvalue weighted by Crippen LogP contribution is 2.36. The van der Waals surface area contributed by atoms with E-state index >= 15 is 0 Å². The fraction of sp³-hybridized carbons (Fsp3) is 0.179. The SMILES string of the molecule is O=C(c1sccc1Oc1ccc(F)cc1[N+](=O)[O-])N1CCN(C(c2ccccc2)c2ccccc2)CC1. The van der Waals surface area contributed by atoms with Gasteiger partial charge in [0.15, 0.2) is 5.75 Å². The van der Waals surface area contributed by atoms with E-state index in [1.807, 2.05) is 36.4 Å². The standard InChI is InChI=1S/C28H24FN3O4S/c29-22-11-12-24(23(19-22)32(34)35)36-25-13-18-37-27(25)28(33)31-16-14-30(15-17-31)26(20-7-3-1-4-8-20)21-9-5-2-6-10-21/h1-13,18-19,26H,14-17H2. The molecule has 0 unspecified atom stereocenters. The molecule has 1 aromatic heterocycles. The highest BCUT2D eigenvalue weighted by molar-refractivity contribution is 7.12. The molecule has 5 rings (SSSR count). The first-order chi connectivity index (χ1) is 18.0. The molecule has 1 saturated heterocycles. The number of benzene rings is 3. The minimum atomic E-state index is -0.733. The van der Waals surface area contributed by atoms with Gasteiger partial charge in [0.25, 0.3) is 5.91 Å². The molecule has 2 heterocycles. The first-order valence-corrected chi connectivity index (χ1v) is 12.7. The summed E-state index contributed by atoms with van der Waals surface area (Å²) in [6, 6.07) is 25.4. The molecule has 1 fully saturated rings. The van der Waals surface area contributed by atoms with E-state index in [4.69, 9.17) is 4.74 Å². The first-order valence-electron chi connectivity index (χ1n) is 11.8. The largest absolute Gasteiger partial charge is 0.448 e. The maximum atomic E-state index is 13.5. The molecule has 0 N–H and O–H groups in total. The lowest BCUT2D eigenvalue weighted by Gasteiger charge is -2.39.